The van der Waals surface area contributed by atoms with Gasteiger partial charge in [0.2, 0.25) is 0 Å². The number of carbonyl (C=O) groups excluding carboxylic acids is 2. The Hall–Kier alpha value is -2.00. The fourth-order valence-electron chi connectivity index (χ4n) is 3.94. The zero-order valence-electron chi connectivity index (χ0n) is 16.8. The lowest BCUT2D eigenvalue weighted by Gasteiger charge is -2.31. The van der Waals surface area contributed by atoms with Crippen LogP contribution >= 0.6 is 31.9 Å². The molecule has 1 amide bonds. The third-order valence-electron chi connectivity index (χ3n) is 5.60. The number of hydrogen-bond acceptors (Lipinski definition) is 5. The number of morpholine rings is 1. The van der Waals surface area contributed by atoms with E-state index in [1.54, 1.807) is 29.2 Å². The molecule has 0 aliphatic carbocycles. The first kappa shape index (κ1) is 22.2. The van der Waals surface area contributed by atoms with Crippen molar-refractivity contribution in [1.82, 2.24) is 9.80 Å². The van der Waals surface area contributed by atoms with Gasteiger partial charge in [-0.05, 0) is 29.8 Å². The Morgan fingerprint density at radius 3 is 2.13 bits per heavy atom. The van der Waals surface area contributed by atoms with Crippen LogP contribution in [0, 0.1) is 0 Å². The van der Waals surface area contributed by atoms with Gasteiger partial charge < -0.3 is 14.7 Å². The Kier molecular flexibility index (Phi) is 6.91. The van der Waals surface area contributed by atoms with Gasteiger partial charge in [-0.25, -0.2) is 0 Å². The van der Waals surface area contributed by atoms with Crippen LogP contribution < -0.4 is 0 Å². The van der Waals surface area contributed by atoms with E-state index in [-0.39, 0.29) is 11.3 Å². The number of nitrogens with zero attached hydrogens (tertiary/aromatic N) is 2. The van der Waals surface area contributed by atoms with Crippen molar-refractivity contribution < 1.29 is 19.4 Å². The van der Waals surface area contributed by atoms with Gasteiger partial charge in [-0.3, -0.25) is 14.5 Å². The van der Waals surface area contributed by atoms with E-state index < -0.39 is 17.7 Å². The molecule has 4 rings (SSSR count). The molecule has 0 spiro atoms. The Morgan fingerprint density at radius 1 is 0.935 bits per heavy atom. The molecule has 2 fully saturated rings. The number of benzene rings is 2. The highest BCUT2D eigenvalue weighted by molar-refractivity contribution is 9.10. The Morgan fingerprint density at radius 2 is 1.52 bits per heavy atom. The molecule has 1 unspecified atom stereocenters. The van der Waals surface area contributed by atoms with Crippen molar-refractivity contribution in [3.05, 3.63) is 74.2 Å². The molecule has 0 bridgehead atoms. The number of Topliss-reactive ketones (excluding diaryl/α,β-unsaturated/α-hetero) is 1. The van der Waals surface area contributed by atoms with Crippen molar-refractivity contribution in [3.63, 3.8) is 0 Å². The van der Waals surface area contributed by atoms with Gasteiger partial charge in [0.1, 0.15) is 5.76 Å². The number of aliphatic hydroxyl groups excluding tert-OH is 1. The number of likely N-dealkylation sites (tertiary alicyclic amines) is 1. The molecule has 6 nitrogen and oxygen atoms in total. The minimum absolute atomic E-state index is 0.122. The van der Waals surface area contributed by atoms with Gasteiger partial charge in [-0.1, -0.05) is 56.1 Å². The largest absolute Gasteiger partial charge is 0.507 e. The van der Waals surface area contributed by atoms with Crippen molar-refractivity contribution >= 4 is 49.3 Å². The molecule has 2 aromatic rings. The van der Waals surface area contributed by atoms with Gasteiger partial charge in [0.05, 0.1) is 24.8 Å². The zero-order valence-corrected chi connectivity index (χ0v) is 19.9. The monoisotopic (exact) mass is 548 g/mol. The predicted octanol–water partition coefficient (Wildman–Crippen LogP) is 3.97. The van der Waals surface area contributed by atoms with Crippen molar-refractivity contribution in [2.24, 2.45) is 0 Å². The van der Waals surface area contributed by atoms with Gasteiger partial charge >= 0.3 is 0 Å². The number of ether oxygens (including phenoxy) is 1. The second-order valence-corrected chi connectivity index (χ2v) is 9.34. The molecule has 31 heavy (non-hydrogen) atoms. The molecule has 0 saturated carbocycles. The van der Waals surface area contributed by atoms with Crippen LogP contribution in [-0.4, -0.2) is 66.0 Å². The standard InChI is InChI=1S/C23H22Br2N2O4/c24-17-5-1-15(2-6-17)20-19(21(28)16-3-7-18(25)8-4-16)22(29)23(30)27(20)10-9-26-11-13-31-14-12-26/h1-8,20,28H,9-14H2/b21-19+. The summed E-state index contributed by atoms with van der Waals surface area (Å²) in [6.45, 7) is 3.96. The number of ketones is 1. The summed E-state index contributed by atoms with van der Waals surface area (Å²) in [4.78, 5) is 29.8. The molecule has 2 saturated heterocycles. The van der Waals surface area contributed by atoms with E-state index in [1.165, 1.54) is 0 Å². The molecule has 1 atom stereocenters. The SMILES string of the molecule is O=C1C(=O)N(CCN2CCOCC2)C(c2ccc(Br)cc2)/C1=C(\O)c1ccc(Br)cc1. The van der Waals surface area contributed by atoms with Crippen LogP contribution in [0.25, 0.3) is 5.76 Å². The van der Waals surface area contributed by atoms with E-state index in [0.717, 1.165) is 27.6 Å². The first-order valence-corrected chi connectivity index (χ1v) is 11.6. The molecule has 1 N–H and O–H groups in total. The molecule has 8 heteroatoms. The normalized spacial score (nSPS) is 21.6. The number of carbonyl (C=O) groups is 2. The molecular formula is C23H22Br2N2O4. The van der Waals surface area contributed by atoms with Crippen LogP contribution in [0.4, 0.5) is 0 Å². The van der Waals surface area contributed by atoms with Crippen LogP contribution in [0.3, 0.4) is 0 Å². The Bertz CT molecular complexity index is 999. The molecule has 2 aliphatic rings. The fraction of sp³-hybridized carbons (Fsp3) is 0.304. The molecule has 2 aliphatic heterocycles. The van der Waals surface area contributed by atoms with Crippen molar-refractivity contribution in [2.45, 2.75) is 6.04 Å². The Labute approximate surface area is 197 Å². The van der Waals surface area contributed by atoms with Gasteiger partial charge in [0, 0.05) is 40.7 Å². The number of halogens is 2. The van der Waals surface area contributed by atoms with E-state index >= 15 is 0 Å². The summed E-state index contributed by atoms with van der Waals surface area (Å²) in [6.07, 6.45) is 0. The molecular weight excluding hydrogens is 528 g/mol. The van der Waals surface area contributed by atoms with Crippen LogP contribution in [0.15, 0.2) is 63.0 Å². The van der Waals surface area contributed by atoms with Crippen LogP contribution in [-0.2, 0) is 14.3 Å². The molecule has 162 valence electrons. The minimum atomic E-state index is -0.657. The highest BCUT2D eigenvalue weighted by Crippen LogP contribution is 2.39. The van der Waals surface area contributed by atoms with Crippen LogP contribution in [0.1, 0.15) is 17.2 Å². The summed E-state index contributed by atoms with van der Waals surface area (Å²) < 4.78 is 7.15. The van der Waals surface area contributed by atoms with E-state index in [2.05, 4.69) is 36.8 Å². The lowest BCUT2D eigenvalue weighted by molar-refractivity contribution is -0.140. The maximum atomic E-state index is 13.0. The van der Waals surface area contributed by atoms with Crippen LogP contribution in [0.5, 0.6) is 0 Å². The molecule has 2 aromatic carbocycles. The predicted molar refractivity (Wildman–Crippen MR) is 125 cm³/mol. The number of hydrogen-bond donors (Lipinski definition) is 1. The smallest absolute Gasteiger partial charge is 0.295 e. The minimum Gasteiger partial charge on any atom is -0.507 e. The van der Waals surface area contributed by atoms with Crippen molar-refractivity contribution in [3.8, 4) is 0 Å². The average molecular weight is 550 g/mol. The number of rotatable bonds is 5. The van der Waals surface area contributed by atoms with Gasteiger partial charge in [-0.15, -0.1) is 0 Å². The van der Waals surface area contributed by atoms with Crippen LogP contribution in [0.2, 0.25) is 0 Å². The summed E-state index contributed by atoms with van der Waals surface area (Å²) in [5.74, 6) is -1.40. The van der Waals surface area contributed by atoms with Gasteiger partial charge in [-0.2, -0.15) is 0 Å². The summed E-state index contributed by atoms with van der Waals surface area (Å²) in [6, 6.07) is 13.9. The lowest BCUT2D eigenvalue weighted by Crippen LogP contribution is -2.42. The fourth-order valence-corrected chi connectivity index (χ4v) is 4.47. The summed E-state index contributed by atoms with van der Waals surface area (Å²) >= 11 is 6.81. The second kappa shape index (κ2) is 9.65. The maximum Gasteiger partial charge on any atom is 0.295 e. The van der Waals surface area contributed by atoms with E-state index in [1.807, 2.05) is 24.3 Å². The topological polar surface area (TPSA) is 70.1 Å². The lowest BCUT2D eigenvalue weighted by atomic mass is 9.95. The maximum absolute atomic E-state index is 13.0. The number of amides is 1. The first-order valence-electron chi connectivity index (χ1n) is 10.1. The molecule has 0 radical (unpaired) electrons. The highest BCUT2D eigenvalue weighted by atomic mass is 79.9. The van der Waals surface area contributed by atoms with E-state index in [9.17, 15) is 14.7 Å². The highest BCUT2D eigenvalue weighted by Gasteiger charge is 2.46. The molecule has 0 aromatic heterocycles. The van der Waals surface area contributed by atoms with E-state index in [0.29, 0.717) is 31.9 Å². The van der Waals surface area contributed by atoms with Crippen molar-refractivity contribution in [1.29, 1.82) is 0 Å². The van der Waals surface area contributed by atoms with Gasteiger partial charge in [0.15, 0.2) is 0 Å². The summed E-state index contributed by atoms with van der Waals surface area (Å²) in [5.41, 5.74) is 1.40. The summed E-state index contributed by atoms with van der Waals surface area (Å²) in [7, 11) is 0. The third kappa shape index (κ3) is 4.77. The quantitative estimate of drug-likeness (QED) is 0.347. The van der Waals surface area contributed by atoms with Gasteiger partial charge in [0.25, 0.3) is 11.7 Å². The second-order valence-electron chi connectivity index (χ2n) is 7.50. The van der Waals surface area contributed by atoms with E-state index in [4.69, 9.17) is 4.74 Å². The third-order valence-corrected chi connectivity index (χ3v) is 6.66. The average Bonchev–Trinajstić information content (AvgIpc) is 3.04. The summed E-state index contributed by atoms with van der Waals surface area (Å²) in [5, 5.41) is 11.0. The molecule has 2 heterocycles. The zero-order chi connectivity index (χ0) is 22.0. The Balaban J connectivity index is 1.72. The van der Waals surface area contributed by atoms with Crippen molar-refractivity contribution in [2.75, 3.05) is 39.4 Å². The first-order chi connectivity index (χ1) is 15.0. The number of aliphatic hydroxyl groups is 1.